The highest BCUT2D eigenvalue weighted by atomic mass is 32.2. The molecular formula is C12H22N4OS. The van der Waals surface area contributed by atoms with E-state index in [-0.39, 0.29) is 11.9 Å². The molecule has 1 rings (SSSR count). The van der Waals surface area contributed by atoms with Crippen LogP contribution in [-0.4, -0.2) is 34.5 Å². The van der Waals surface area contributed by atoms with Crippen LogP contribution in [0.2, 0.25) is 0 Å². The number of nitrogens with zero attached hydrogens (tertiary/aromatic N) is 2. The Morgan fingerprint density at radius 2 is 2.17 bits per heavy atom. The van der Waals surface area contributed by atoms with Crippen molar-refractivity contribution in [3.63, 3.8) is 0 Å². The van der Waals surface area contributed by atoms with Crippen molar-refractivity contribution in [2.75, 3.05) is 12.8 Å². The van der Waals surface area contributed by atoms with E-state index in [0.29, 0.717) is 5.75 Å². The third-order valence-corrected chi connectivity index (χ3v) is 3.62. The number of amides is 1. The highest BCUT2D eigenvalue weighted by molar-refractivity contribution is 8.00. The maximum Gasteiger partial charge on any atom is 0.230 e. The minimum Gasteiger partial charge on any atom is -0.353 e. The summed E-state index contributed by atoms with van der Waals surface area (Å²) in [6.45, 7) is 6.69. The number of nitrogens with one attached hydrogen (secondary N) is 2. The quantitative estimate of drug-likeness (QED) is 0.759. The largest absolute Gasteiger partial charge is 0.353 e. The first-order valence-corrected chi connectivity index (χ1v) is 7.03. The first-order chi connectivity index (χ1) is 8.45. The maximum absolute atomic E-state index is 11.6. The SMILES string of the molecule is CNCc1c(C)nn(C)c1SCC(=O)NC(C)C. The van der Waals surface area contributed by atoms with Crippen LogP contribution in [0.15, 0.2) is 5.03 Å². The molecule has 0 saturated heterocycles. The molecule has 0 aliphatic rings. The number of hydrogen-bond donors (Lipinski definition) is 2. The zero-order valence-corrected chi connectivity index (χ0v) is 12.5. The summed E-state index contributed by atoms with van der Waals surface area (Å²) in [5.41, 5.74) is 2.18. The molecule has 1 aromatic heterocycles. The Balaban J connectivity index is 2.69. The van der Waals surface area contributed by atoms with Crippen LogP contribution >= 0.6 is 11.8 Å². The molecule has 2 N–H and O–H groups in total. The lowest BCUT2D eigenvalue weighted by molar-refractivity contribution is -0.119. The first kappa shape index (κ1) is 15.0. The summed E-state index contributed by atoms with van der Waals surface area (Å²) in [6.07, 6.45) is 0. The predicted molar refractivity (Wildman–Crippen MR) is 74.7 cm³/mol. The fourth-order valence-corrected chi connectivity index (χ4v) is 2.71. The Hall–Kier alpha value is -1.01. The lowest BCUT2D eigenvalue weighted by atomic mass is 10.3. The molecule has 1 heterocycles. The summed E-state index contributed by atoms with van der Waals surface area (Å²) in [6, 6.07) is 0.183. The second-order valence-electron chi connectivity index (χ2n) is 4.53. The Bertz CT molecular complexity index is 414. The molecule has 1 amide bonds. The minimum atomic E-state index is 0.0595. The number of rotatable bonds is 6. The van der Waals surface area contributed by atoms with Crippen molar-refractivity contribution in [1.29, 1.82) is 0 Å². The zero-order chi connectivity index (χ0) is 13.7. The number of carbonyl (C=O) groups is 1. The summed E-state index contributed by atoms with van der Waals surface area (Å²) in [4.78, 5) is 11.6. The van der Waals surface area contributed by atoms with Crippen molar-refractivity contribution in [3.05, 3.63) is 11.3 Å². The van der Waals surface area contributed by atoms with Crippen molar-refractivity contribution in [2.24, 2.45) is 7.05 Å². The first-order valence-electron chi connectivity index (χ1n) is 6.05. The molecule has 0 saturated carbocycles. The fourth-order valence-electron chi connectivity index (χ4n) is 1.74. The average molecular weight is 270 g/mol. The molecule has 18 heavy (non-hydrogen) atoms. The molecule has 6 heteroatoms. The monoisotopic (exact) mass is 270 g/mol. The number of aromatic nitrogens is 2. The van der Waals surface area contributed by atoms with Crippen LogP contribution < -0.4 is 10.6 Å². The summed E-state index contributed by atoms with van der Waals surface area (Å²) in [5, 5.41) is 11.5. The van der Waals surface area contributed by atoms with Crippen LogP contribution in [0.3, 0.4) is 0 Å². The van der Waals surface area contributed by atoms with Gasteiger partial charge in [-0.05, 0) is 27.8 Å². The van der Waals surface area contributed by atoms with Crippen LogP contribution in [0.4, 0.5) is 0 Å². The van der Waals surface area contributed by atoms with Gasteiger partial charge in [0.2, 0.25) is 5.91 Å². The van der Waals surface area contributed by atoms with Gasteiger partial charge in [0.25, 0.3) is 0 Å². The predicted octanol–water partition coefficient (Wildman–Crippen LogP) is 1.06. The Kier molecular flexibility index (Phi) is 5.68. The van der Waals surface area contributed by atoms with Gasteiger partial charge < -0.3 is 10.6 Å². The van der Waals surface area contributed by atoms with E-state index in [9.17, 15) is 4.79 Å². The molecular weight excluding hydrogens is 248 g/mol. The lowest BCUT2D eigenvalue weighted by Gasteiger charge is -2.09. The summed E-state index contributed by atoms with van der Waals surface area (Å²) >= 11 is 1.53. The van der Waals surface area contributed by atoms with E-state index >= 15 is 0 Å². The van der Waals surface area contributed by atoms with Gasteiger partial charge in [0, 0.05) is 25.2 Å². The molecule has 102 valence electrons. The van der Waals surface area contributed by atoms with Crippen LogP contribution in [0.1, 0.15) is 25.1 Å². The van der Waals surface area contributed by atoms with E-state index in [2.05, 4.69) is 15.7 Å². The summed E-state index contributed by atoms with van der Waals surface area (Å²) in [5.74, 6) is 0.484. The van der Waals surface area contributed by atoms with Gasteiger partial charge in [-0.15, -0.1) is 0 Å². The number of hydrogen-bond acceptors (Lipinski definition) is 4. The molecule has 0 aliphatic heterocycles. The highest BCUT2D eigenvalue weighted by Crippen LogP contribution is 2.24. The molecule has 0 spiro atoms. The lowest BCUT2D eigenvalue weighted by Crippen LogP contribution is -2.31. The summed E-state index contributed by atoms with van der Waals surface area (Å²) in [7, 11) is 3.82. The van der Waals surface area contributed by atoms with Gasteiger partial charge in [-0.3, -0.25) is 9.48 Å². The van der Waals surface area contributed by atoms with Gasteiger partial charge >= 0.3 is 0 Å². The highest BCUT2D eigenvalue weighted by Gasteiger charge is 2.14. The second kappa shape index (κ2) is 6.80. The van der Waals surface area contributed by atoms with Crippen LogP contribution in [0.5, 0.6) is 0 Å². The van der Waals surface area contributed by atoms with Gasteiger partial charge in [-0.25, -0.2) is 0 Å². The van der Waals surface area contributed by atoms with Crippen LogP contribution in [-0.2, 0) is 18.4 Å². The van der Waals surface area contributed by atoms with E-state index in [4.69, 9.17) is 0 Å². The average Bonchev–Trinajstić information content (AvgIpc) is 2.51. The van der Waals surface area contributed by atoms with E-state index in [1.165, 1.54) is 17.3 Å². The van der Waals surface area contributed by atoms with Gasteiger partial charge in [-0.1, -0.05) is 11.8 Å². The smallest absolute Gasteiger partial charge is 0.230 e. The molecule has 0 aromatic carbocycles. The van der Waals surface area contributed by atoms with E-state index < -0.39 is 0 Å². The standard InChI is InChI=1S/C12H22N4OS/c1-8(2)14-11(17)7-18-12-10(6-13-4)9(3)15-16(12)5/h8,13H,6-7H2,1-5H3,(H,14,17). The van der Waals surface area contributed by atoms with Gasteiger partial charge in [0.1, 0.15) is 0 Å². The second-order valence-corrected chi connectivity index (χ2v) is 5.50. The molecule has 0 unspecified atom stereocenters. The molecule has 0 radical (unpaired) electrons. The molecule has 0 bridgehead atoms. The Morgan fingerprint density at radius 1 is 1.50 bits per heavy atom. The van der Waals surface area contributed by atoms with Crippen molar-refractivity contribution in [3.8, 4) is 0 Å². The molecule has 0 atom stereocenters. The van der Waals surface area contributed by atoms with Crippen molar-refractivity contribution in [2.45, 2.75) is 38.4 Å². The van der Waals surface area contributed by atoms with Crippen LogP contribution in [0, 0.1) is 6.92 Å². The van der Waals surface area contributed by atoms with Gasteiger partial charge in [-0.2, -0.15) is 5.10 Å². The van der Waals surface area contributed by atoms with Crippen LogP contribution in [0.25, 0.3) is 0 Å². The molecule has 5 nitrogen and oxygen atoms in total. The third kappa shape index (κ3) is 4.03. The zero-order valence-electron chi connectivity index (χ0n) is 11.7. The molecule has 0 aliphatic carbocycles. The summed E-state index contributed by atoms with van der Waals surface area (Å²) < 4.78 is 1.84. The maximum atomic E-state index is 11.6. The number of aryl methyl sites for hydroxylation is 2. The van der Waals surface area contributed by atoms with Crippen molar-refractivity contribution >= 4 is 17.7 Å². The van der Waals surface area contributed by atoms with Crippen molar-refractivity contribution in [1.82, 2.24) is 20.4 Å². The topological polar surface area (TPSA) is 59.0 Å². The number of thioether (sulfide) groups is 1. The van der Waals surface area contributed by atoms with Crippen molar-refractivity contribution < 1.29 is 4.79 Å². The van der Waals surface area contributed by atoms with E-state index in [0.717, 1.165) is 17.3 Å². The molecule has 0 fully saturated rings. The molecule has 1 aromatic rings. The van der Waals surface area contributed by atoms with Gasteiger partial charge in [0.15, 0.2) is 0 Å². The minimum absolute atomic E-state index is 0.0595. The van der Waals surface area contributed by atoms with Gasteiger partial charge in [0.05, 0.1) is 16.5 Å². The number of carbonyl (C=O) groups excluding carboxylic acids is 1. The normalized spacial score (nSPS) is 11.0. The van der Waals surface area contributed by atoms with E-state index in [1.807, 2.05) is 39.5 Å². The third-order valence-electron chi connectivity index (χ3n) is 2.43. The van der Waals surface area contributed by atoms with E-state index in [1.54, 1.807) is 0 Å². The Labute approximate surface area is 113 Å². The Morgan fingerprint density at radius 3 is 2.72 bits per heavy atom. The fraction of sp³-hybridized carbons (Fsp3) is 0.667.